The van der Waals surface area contributed by atoms with Crippen LogP contribution in [0.3, 0.4) is 0 Å². The van der Waals surface area contributed by atoms with Gasteiger partial charge in [0.1, 0.15) is 11.8 Å². The highest BCUT2D eigenvalue weighted by Crippen LogP contribution is 2.56. The summed E-state index contributed by atoms with van der Waals surface area (Å²) < 4.78 is 0. The SMILES string of the molecule is NC(=O)[C@H](Cc1ccc(O)cc1)NC(=O)NCC1C2CC3CC(C2)CC1C3. The van der Waals surface area contributed by atoms with E-state index in [1.165, 1.54) is 32.1 Å². The number of benzene rings is 1. The van der Waals surface area contributed by atoms with Crippen LogP contribution in [0.2, 0.25) is 0 Å². The van der Waals surface area contributed by atoms with E-state index in [2.05, 4.69) is 10.6 Å². The summed E-state index contributed by atoms with van der Waals surface area (Å²) in [6.45, 7) is 0.686. The van der Waals surface area contributed by atoms with Crippen molar-refractivity contribution < 1.29 is 14.7 Å². The first-order valence-electron chi connectivity index (χ1n) is 10.1. The molecule has 4 bridgehead atoms. The Labute approximate surface area is 159 Å². The van der Waals surface area contributed by atoms with Crippen LogP contribution in [0.5, 0.6) is 5.75 Å². The number of aromatic hydroxyl groups is 1. The topological polar surface area (TPSA) is 104 Å². The molecule has 0 heterocycles. The molecule has 1 atom stereocenters. The number of hydrogen-bond acceptors (Lipinski definition) is 3. The van der Waals surface area contributed by atoms with Gasteiger partial charge in [0.05, 0.1) is 0 Å². The summed E-state index contributed by atoms with van der Waals surface area (Å²) in [6.07, 6.45) is 7.03. The summed E-state index contributed by atoms with van der Waals surface area (Å²) in [6, 6.07) is 5.46. The van der Waals surface area contributed by atoms with E-state index in [1.807, 2.05) is 0 Å². The van der Waals surface area contributed by atoms with Crippen molar-refractivity contribution in [3.8, 4) is 5.75 Å². The number of hydrogen-bond donors (Lipinski definition) is 4. The average molecular weight is 371 g/mol. The third kappa shape index (κ3) is 4.04. The summed E-state index contributed by atoms with van der Waals surface area (Å²) in [4.78, 5) is 24.1. The minimum Gasteiger partial charge on any atom is -0.508 e. The maximum atomic E-state index is 12.4. The van der Waals surface area contributed by atoms with Crippen molar-refractivity contribution in [3.05, 3.63) is 29.8 Å². The normalized spacial score (nSPS) is 32.1. The van der Waals surface area contributed by atoms with Crippen LogP contribution in [-0.4, -0.2) is 29.6 Å². The maximum Gasteiger partial charge on any atom is 0.315 e. The number of carbonyl (C=O) groups is 2. The summed E-state index contributed by atoms with van der Waals surface area (Å²) in [5.74, 6) is 3.52. The number of amides is 3. The Balaban J connectivity index is 1.29. The summed E-state index contributed by atoms with van der Waals surface area (Å²) in [5.41, 5.74) is 6.30. The van der Waals surface area contributed by atoms with Gasteiger partial charge in [-0.25, -0.2) is 4.79 Å². The molecule has 4 aliphatic carbocycles. The quantitative estimate of drug-likeness (QED) is 0.616. The second-order valence-corrected chi connectivity index (χ2v) is 8.77. The van der Waals surface area contributed by atoms with E-state index in [-0.39, 0.29) is 11.8 Å². The van der Waals surface area contributed by atoms with Crippen LogP contribution >= 0.6 is 0 Å². The molecule has 146 valence electrons. The van der Waals surface area contributed by atoms with Crippen LogP contribution in [0.15, 0.2) is 24.3 Å². The van der Waals surface area contributed by atoms with E-state index in [1.54, 1.807) is 24.3 Å². The molecule has 0 aromatic heterocycles. The van der Waals surface area contributed by atoms with Gasteiger partial charge in [0.15, 0.2) is 0 Å². The number of phenolic OH excluding ortho intramolecular Hbond substituents is 1. The molecule has 0 saturated heterocycles. The Hall–Kier alpha value is -2.24. The molecule has 1 aromatic carbocycles. The number of primary amides is 1. The molecule has 4 fully saturated rings. The largest absolute Gasteiger partial charge is 0.508 e. The maximum absolute atomic E-state index is 12.4. The Morgan fingerprint density at radius 1 is 1.04 bits per heavy atom. The molecule has 5 rings (SSSR count). The number of phenols is 1. The van der Waals surface area contributed by atoms with Crippen molar-refractivity contribution in [2.24, 2.45) is 35.3 Å². The van der Waals surface area contributed by atoms with Gasteiger partial charge in [-0.1, -0.05) is 12.1 Å². The number of carbonyl (C=O) groups excluding carboxylic acids is 2. The predicted octanol–water partition coefficient (Wildman–Crippen LogP) is 2.16. The Morgan fingerprint density at radius 2 is 1.63 bits per heavy atom. The lowest BCUT2D eigenvalue weighted by Gasteiger charge is -2.54. The van der Waals surface area contributed by atoms with Crippen molar-refractivity contribution in [1.82, 2.24) is 10.6 Å². The van der Waals surface area contributed by atoms with Crippen molar-refractivity contribution >= 4 is 11.9 Å². The number of nitrogens with two attached hydrogens (primary N) is 1. The molecule has 0 radical (unpaired) electrons. The van der Waals surface area contributed by atoms with Crippen molar-refractivity contribution in [1.29, 1.82) is 0 Å². The number of rotatable bonds is 6. The zero-order valence-corrected chi connectivity index (χ0v) is 15.6. The first-order chi connectivity index (χ1) is 13.0. The van der Waals surface area contributed by atoms with E-state index in [0.717, 1.165) is 29.2 Å². The van der Waals surface area contributed by atoms with Gasteiger partial charge >= 0.3 is 6.03 Å². The van der Waals surface area contributed by atoms with E-state index in [9.17, 15) is 14.7 Å². The highest BCUT2D eigenvalue weighted by Gasteiger charge is 2.47. The third-order valence-electron chi connectivity index (χ3n) is 6.95. The second-order valence-electron chi connectivity index (χ2n) is 8.77. The average Bonchev–Trinajstić information content (AvgIpc) is 2.61. The number of urea groups is 1. The fourth-order valence-electron chi connectivity index (χ4n) is 5.88. The lowest BCUT2D eigenvalue weighted by molar-refractivity contribution is -0.119. The summed E-state index contributed by atoms with van der Waals surface area (Å²) in [5, 5.41) is 15.1. The Morgan fingerprint density at radius 3 is 2.19 bits per heavy atom. The Kier molecular flexibility index (Phi) is 4.98. The lowest BCUT2D eigenvalue weighted by Crippen LogP contribution is -2.53. The van der Waals surface area contributed by atoms with E-state index in [4.69, 9.17) is 5.73 Å². The third-order valence-corrected chi connectivity index (χ3v) is 6.95. The summed E-state index contributed by atoms with van der Waals surface area (Å²) in [7, 11) is 0. The van der Waals surface area contributed by atoms with Crippen molar-refractivity contribution in [2.45, 2.75) is 44.6 Å². The lowest BCUT2D eigenvalue weighted by atomic mass is 9.52. The molecule has 4 aliphatic rings. The second kappa shape index (κ2) is 7.41. The molecular weight excluding hydrogens is 342 g/mol. The van der Waals surface area contributed by atoms with E-state index in [0.29, 0.717) is 18.9 Å². The van der Waals surface area contributed by atoms with Crippen LogP contribution in [0, 0.1) is 29.6 Å². The highest BCUT2D eigenvalue weighted by molar-refractivity contribution is 5.86. The smallest absolute Gasteiger partial charge is 0.315 e. The Bertz CT molecular complexity index is 675. The molecule has 27 heavy (non-hydrogen) atoms. The van der Waals surface area contributed by atoms with E-state index >= 15 is 0 Å². The van der Waals surface area contributed by atoms with Gasteiger partial charge < -0.3 is 21.5 Å². The van der Waals surface area contributed by atoms with Gasteiger partial charge in [0.2, 0.25) is 5.91 Å². The van der Waals surface area contributed by atoms with Crippen LogP contribution < -0.4 is 16.4 Å². The highest BCUT2D eigenvalue weighted by atomic mass is 16.3. The molecule has 0 spiro atoms. The number of nitrogens with one attached hydrogen (secondary N) is 2. The van der Waals surface area contributed by atoms with E-state index < -0.39 is 11.9 Å². The minimum absolute atomic E-state index is 0.163. The molecule has 0 aliphatic heterocycles. The monoisotopic (exact) mass is 371 g/mol. The molecule has 0 unspecified atom stereocenters. The minimum atomic E-state index is -0.770. The predicted molar refractivity (Wildman–Crippen MR) is 102 cm³/mol. The van der Waals surface area contributed by atoms with Crippen LogP contribution in [0.4, 0.5) is 4.79 Å². The van der Waals surface area contributed by atoms with Gasteiger partial charge in [-0.3, -0.25) is 4.79 Å². The van der Waals surface area contributed by atoms with Crippen LogP contribution in [-0.2, 0) is 11.2 Å². The van der Waals surface area contributed by atoms with Gasteiger partial charge in [0, 0.05) is 13.0 Å². The van der Waals surface area contributed by atoms with Crippen molar-refractivity contribution in [3.63, 3.8) is 0 Å². The van der Waals surface area contributed by atoms with Crippen molar-refractivity contribution in [2.75, 3.05) is 6.54 Å². The molecule has 1 aromatic rings. The van der Waals surface area contributed by atoms with Gasteiger partial charge in [-0.15, -0.1) is 0 Å². The first kappa shape index (κ1) is 18.1. The molecular formula is C21H29N3O3. The molecule has 6 heteroatoms. The molecule has 6 nitrogen and oxygen atoms in total. The van der Waals surface area contributed by atoms with Gasteiger partial charge in [-0.2, -0.15) is 0 Å². The zero-order chi connectivity index (χ0) is 19.0. The fraction of sp³-hybridized carbons (Fsp3) is 0.619. The fourth-order valence-corrected chi connectivity index (χ4v) is 5.88. The van der Waals surface area contributed by atoms with Crippen LogP contribution in [0.25, 0.3) is 0 Å². The molecule has 3 amide bonds. The van der Waals surface area contributed by atoms with Gasteiger partial charge in [-0.05, 0) is 79.4 Å². The van der Waals surface area contributed by atoms with Crippen LogP contribution in [0.1, 0.15) is 37.7 Å². The standard InChI is InChI=1S/C21H29N3O3/c22-20(26)19(10-12-1-3-17(25)4-2-12)24-21(27)23-11-18-15-6-13-5-14(8-15)9-16(18)7-13/h1-4,13-16,18-19,25H,5-11H2,(H2,22,26)(H2,23,24,27)/t13?,14?,15?,16?,18?,19-/m0/s1. The first-order valence-corrected chi connectivity index (χ1v) is 10.1. The molecule has 5 N–H and O–H groups in total. The zero-order valence-electron chi connectivity index (χ0n) is 15.6. The molecule has 4 saturated carbocycles. The summed E-state index contributed by atoms with van der Waals surface area (Å²) >= 11 is 0. The van der Waals surface area contributed by atoms with Gasteiger partial charge in [0.25, 0.3) is 0 Å².